The Labute approximate surface area is 206 Å². The Kier molecular flexibility index (Phi) is 7.57. The van der Waals surface area contributed by atoms with Crippen molar-refractivity contribution in [3.8, 4) is 0 Å². The second-order valence-electron chi connectivity index (χ2n) is 7.88. The number of methoxy groups -OCH3 is 1. The Bertz CT molecular complexity index is 1410. The van der Waals surface area contributed by atoms with E-state index in [0.29, 0.717) is 12.1 Å². The molecule has 2 aromatic carbocycles. The highest BCUT2D eigenvalue weighted by atomic mass is 32.2. The third kappa shape index (κ3) is 5.93. The van der Waals surface area contributed by atoms with Gasteiger partial charge >= 0.3 is 5.97 Å². The van der Waals surface area contributed by atoms with Gasteiger partial charge in [0, 0.05) is 5.69 Å². The number of hydrogen-bond acceptors (Lipinski definition) is 7. The molecule has 2 heterocycles. The number of H-pyrrole nitrogens is 1. The van der Waals surface area contributed by atoms with Crippen molar-refractivity contribution in [1.29, 1.82) is 0 Å². The van der Waals surface area contributed by atoms with Crippen molar-refractivity contribution < 1.29 is 14.3 Å². The highest BCUT2D eigenvalue weighted by Gasteiger charge is 2.19. The van der Waals surface area contributed by atoms with Gasteiger partial charge in [-0.2, -0.15) is 0 Å². The molecule has 4 rings (SSSR count). The van der Waals surface area contributed by atoms with Gasteiger partial charge in [0.25, 0.3) is 5.56 Å². The first kappa shape index (κ1) is 24.2. The first-order chi connectivity index (χ1) is 16.9. The van der Waals surface area contributed by atoms with Crippen LogP contribution in [0.25, 0.3) is 11.0 Å². The number of nitrogens with one attached hydrogen (secondary N) is 2. The molecule has 178 valence electrons. The number of thioether (sulfide) groups is 1. The molecule has 0 spiro atoms. The van der Waals surface area contributed by atoms with E-state index in [0.717, 1.165) is 22.9 Å². The van der Waals surface area contributed by atoms with Gasteiger partial charge in [-0.1, -0.05) is 72.4 Å². The van der Waals surface area contributed by atoms with Crippen molar-refractivity contribution in [2.45, 2.75) is 24.5 Å². The van der Waals surface area contributed by atoms with Crippen molar-refractivity contribution >= 4 is 34.7 Å². The molecular weight excluding hydrogens is 464 g/mol. The summed E-state index contributed by atoms with van der Waals surface area (Å²) in [5.41, 5.74) is 2.35. The molecule has 35 heavy (non-hydrogen) atoms. The van der Waals surface area contributed by atoms with Crippen LogP contribution in [0.3, 0.4) is 0 Å². The molecule has 9 heteroatoms. The lowest BCUT2D eigenvalue weighted by Crippen LogP contribution is -2.31. The van der Waals surface area contributed by atoms with Gasteiger partial charge < -0.3 is 15.0 Å². The summed E-state index contributed by atoms with van der Waals surface area (Å²) in [4.78, 5) is 48.9. The van der Waals surface area contributed by atoms with Crippen LogP contribution in [0.15, 0.2) is 76.7 Å². The van der Waals surface area contributed by atoms with E-state index in [2.05, 4.69) is 20.3 Å². The number of aryl methyl sites for hydroxylation is 1. The predicted molar refractivity (Wildman–Crippen MR) is 134 cm³/mol. The number of pyridine rings is 1. The fourth-order valence-electron chi connectivity index (χ4n) is 3.74. The lowest BCUT2D eigenvalue weighted by atomic mass is 9.99. The average molecular weight is 489 g/mol. The van der Waals surface area contributed by atoms with Gasteiger partial charge in [-0.05, 0) is 30.5 Å². The highest BCUT2D eigenvalue weighted by molar-refractivity contribution is 7.99. The summed E-state index contributed by atoms with van der Waals surface area (Å²) < 4.78 is 4.77. The molecule has 0 saturated carbocycles. The molecule has 0 aliphatic heterocycles. The van der Waals surface area contributed by atoms with Crippen LogP contribution in [0.4, 0.5) is 0 Å². The Morgan fingerprint density at radius 3 is 2.43 bits per heavy atom. The molecule has 8 nitrogen and oxygen atoms in total. The Morgan fingerprint density at radius 1 is 1.06 bits per heavy atom. The number of ether oxygens (including phenoxy) is 1. The second-order valence-corrected chi connectivity index (χ2v) is 8.85. The van der Waals surface area contributed by atoms with Gasteiger partial charge in [-0.15, -0.1) is 0 Å². The van der Waals surface area contributed by atoms with Gasteiger partial charge in [0.1, 0.15) is 0 Å². The minimum atomic E-state index is -0.641. The molecule has 0 aliphatic carbocycles. The average Bonchev–Trinajstić information content (AvgIpc) is 2.87. The summed E-state index contributed by atoms with van der Waals surface area (Å²) in [6.07, 6.45) is 0.645. The summed E-state index contributed by atoms with van der Waals surface area (Å²) in [6.45, 7) is 1.70. The van der Waals surface area contributed by atoms with E-state index in [1.54, 1.807) is 6.92 Å². The monoisotopic (exact) mass is 488 g/mol. The minimum Gasteiger partial charge on any atom is -0.465 e. The molecule has 0 aliphatic rings. The van der Waals surface area contributed by atoms with Gasteiger partial charge in [0.2, 0.25) is 5.91 Å². The van der Waals surface area contributed by atoms with Gasteiger partial charge in [0.15, 0.2) is 10.8 Å². The second kappa shape index (κ2) is 11.0. The van der Waals surface area contributed by atoms with E-state index in [9.17, 15) is 14.4 Å². The summed E-state index contributed by atoms with van der Waals surface area (Å²) in [5, 5.41) is 3.39. The normalized spacial score (nSPS) is 11.7. The molecule has 1 atom stereocenters. The Hall–Kier alpha value is -3.98. The predicted octanol–water partition coefficient (Wildman–Crippen LogP) is 3.61. The van der Waals surface area contributed by atoms with Crippen LogP contribution in [0.1, 0.15) is 33.2 Å². The highest BCUT2D eigenvalue weighted by Crippen LogP contribution is 2.21. The topological polar surface area (TPSA) is 114 Å². The van der Waals surface area contributed by atoms with Crippen molar-refractivity contribution in [3.63, 3.8) is 0 Å². The standard InChI is InChI=1S/C26H24N4O4S/c1-16-13-19(25(33)34-2)22-23(27-16)29-26(30-24(22)32)35-15-21(31)28-20(18-11-7-4-8-12-18)14-17-9-5-3-6-10-17/h3-13,20H,14-15H2,1-2H3,(H,28,31)(H,27,29,30,32). The maximum absolute atomic E-state index is 12.8. The zero-order valence-corrected chi connectivity index (χ0v) is 20.1. The molecule has 2 N–H and O–H groups in total. The van der Waals surface area contributed by atoms with Crippen LogP contribution in [0.2, 0.25) is 0 Å². The summed E-state index contributed by atoms with van der Waals surface area (Å²) >= 11 is 1.09. The van der Waals surface area contributed by atoms with Crippen LogP contribution < -0.4 is 10.9 Å². The fraction of sp³-hybridized carbons (Fsp3) is 0.192. The van der Waals surface area contributed by atoms with Gasteiger partial charge in [0.05, 0.1) is 29.9 Å². The number of hydrogen-bond donors (Lipinski definition) is 2. The number of rotatable bonds is 8. The SMILES string of the molecule is COC(=O)c1cc(C)nc2nc(SCC(=O)NC(Cc3ccccc3)c3ccccc3)[nH]c(=O)c12. The molecule has 1 unspecified atom stereocenters. The maximum atomic E-state index is 12.8. The smallest absolute Gasteiger partial charge is 0.338 e. The van der Waals surface area contributed by atoms with Gasteiger partial charge in [-0.3, -0.25) is 9.59 Å². The molecule has 0 saturated heterocycles. The molecule has 0 bridgehead atoms. The summed E-state index contributed by atoms with van der Waals surface area (Å²) in [7, 11) is 1.24. The number of amides is 1. The fourth-order valence-corrected chi connectivity index (χ4v) is 4.41. The number of aromatic amines is 1. The Morgan fingerprint density at radius 2 is 1.74 bits per heavy atom. The summed E-state index contributed by atoms with van der Waals surface area (Å²) in [6, 6.07) is 21.0. The minimum absolute atomic E-state index is 0.0439. The first-order valence-electron chi connectivity index (χ1n) is 11.0. The number of esters is 1. The number of aromatic nitrogens is 3. The zero-order chi connectivity index (χ0) is 24.8. The molecule has 2 aromatic heterocycles. The number of benzene rings is 2. The molecule has 1 amide bonds. The third-order valence-corrected chi connectivity index (χ3v) is 6.22. The van der Waals surface area contributed by atoms with Crippen LogP contribution in [-0.2, 0) is 16.0 Å². The number of carbonyl (C=O) groups is 2. The van der Waals surface area contributed by atoms with E-state index >= 15 is 0 Å². The van der Waals surface area contributed by atoms with Crippen molar-refractivity contribution in [2.24, 2.45) is 0 Å². The van der Waals surface area contributed by atoms with Crippen LogP contribution in [-0.4, -0.2) is 39.7 Å². The molecule has 4 aromatic rings. The van der Waals surface area contributed by atoms with Crippen molar-refractivity contribution in [2.75, 3.05) is 12.9 Å². The van der Waals surface area contributed by atoms with Crippen LogP contribution in [0.5, 0.6) is 0 Å². The van der Waals surface area contributed by atoms with Crippen molar-refractivity contribution in [3.05, 3.63) is 99.5 Å². The van der Waals surface area contributed by atoms with E-state index in [1.807, 2.05) is 60.7 Å². The number of fused-ring (bicyclic) bond motifs is 1. The first-order valence-corrected chi connectivity index (χ1v) is 11.9. The lowest BCUT2D eigenvalue weighted by molar-refractivity contribution is -0.119. The van der Waals surface area contributed by atoms with Gasteiger partial charge in [-0.25, -0.2) is 14.8 Å². The van der Waals surface area contributed by atoms with Crippen LogP contribution in [0, 0.1) is 6.92 Å². The molecule has 0 radical (unpaired) electrons. The van der Waals surface area contributed by atoms with Crippen molar-refractivity contribution in [1.82, 2.24) is 20.3 Å². The van der Waals surface area contributed by atoms with E-state index in [4.69, 9.17) is 4.74 Å². The zero-order valence-electron chi connectivity index (χ0n) is 19.3. The summed E-state index contributed by atoms with van der Waals surface area (Å²) in [5.74, 6) is -0.796. The molecular formula is C26H24N4O4S. The molecule has 0 fully saturated rings. The Balaban J connectivity index is 1.51. The van der Waals surface area contributed by atoms with E-state index in [1.165, 1.54) is 13.2 Å². The maximum Gasteiger partial charge on any atom is 0.338 e. The number of nitrogens with zero attached hydrogens (tertiary/aromatic N) is 2. The number of carbonyl (C=O) groups excluding carboxylic acids is 2. The third-order valence-electron chi connectivity index (χ3n) is 5.35. The van der Waals surface area contributed by atoms with E-state index < -0.39 is 11.5 Å². The van der Waals surface area contributed by atoms with E-state index in [-0.39, 0.29) is 39.5 Å². The largest absolute Gasteiger partial charge is 0.465 e. The lowest BCUT2D eigenvalue weighted by Gasteiger charge is -2.19. The quantitative estimate of drug-likeness (QED) is 0.221. The van der Waals surface area contributed by atoms with Crippen LogP contribution >= 0.6 is 11.8 Å².